The molecule has 0 saturated carbocycles. The molecule has 5 nitrogen and oxygen atoms in total. The molecule has 1 unspecified atom stereocenters. The van der Waals surface area contributed by atoms with Crippen LogP contribution in [0.1, 0.15) is 25.0 Å². The van der Waals surface area contributed by atoms with E-state index in [1.807, 2.05) is 6.92 Å². The molecule has 0 spiro atoms. The first kappa shape index (κ1) is 21.1. The van der Waals surface area contributed by atoms with Crippen molar-refractivity contribution >= 4 is 15.9 Å². The molecule has 1 amide bonds. The molecule has 2 aromatic carbocycles. The largest absolute Gasteiger partial charge is 0.356 e. The highest BCUT2D eigenvalue weighted by Crippen LogP contribution is 2.12. The first-order valence-corrected chi connectivity index (χ1v) is 10.4. The van der Waals surface area contributed by atoms with Crippen molar-refractivity contribution in [3.63, 3.8) is 0 Å². The minimum Gasteiger partial charge on any atom is -0.356 e. The number of carbonyl (C=O) groups excluding carboxylic acids is 1. The highest BCUT2D eigenvalue weighted by Gasteiger charge is 2.14. The summed E-state index contributed by atoms with van der Waals surface area (Å²) >= 11 is 0. The molecule has 0 radical (unpaired) electrons. The van der Waals surface area contributed by atoms with E-state index >= 15 is 0 Å². The van der Waals surface area contributed by atoms with Gasteiger partial charge in [-0.3, -0.25) is 4.79 Å². The average Bonchev–Trinajstić information content (AvgIpc) is 2.64. The van der Waals surface area contributed by atoms with E-state index in [0.717, 1.165) is 11.1 Å². The quantitative estimate of drug-likeness (QED) is 0.689. The monoisotopic (exact) mass is 392 g/mol. The number of hydrogen-bond acceptors (Lipinski definition) is 3. The van der Waals surface area contributed by atoms with E-state index < -0.39 is 10.0 Å². The summed E-state index contributed by atoms with van der Waals surface area (Å²) in [6, 6.07) is 12.8. The molecule has 2 rings (SSSR count). The SMILES string of the molecule is CCNS(=O)(=O)c1ccc(CCNC(=O)C(C)Cc2ccc(F)cc2)cc1. The Labute approximate surface area is 160 Å². The van der Waals surface area contributed by atoms with Crippen molar-refractivity contribution < 1.29 is 17.6 Å². The number of rotatable bonds is 9. The van der Waals surface area contributed by atoms with Gasteiger partial charge in [0, 0.05) is 19.0 Å². The zero-order valence-corrected chi connectivity index (χ0v) is 16.4. The molecule has 7 heteroatoms. The van der Waals surface area contributed by atoms with Crippen LogP contribution >= 0.6 is 0 Å². The first-order chi connectivity index (χ1) is 12.8. The molecule has 146 valence electrons. The fourth-order valence-corrected chi connectivity index (χ4v) is 3.72. The Balaban J connectivity index is 1.81. The van der Waals surface area contributed by atoms with E-state index in [4.69, 9.17) is 0 Å². The maximum absolute atomic E-state index is 12.9. The Hall–Kier alpha value is -2.25. The van der Waals surface area contributed by atoms with E-state index in [9.17, 15) is 17.6 Å². The standard InChI is InChI=1S/C20H25FN2O3S/c1-3-23-27(25,26)19-10-6-16(7-11-19)12-13-22-20(24)15(2)14-17-4-8-18(21)9-5-17/h4-11,15,23H,3,12-14H2,1-2H3,(H,22,24). The van der Waals surface area contributed by atoms with Crippen molar-refractivity contribution in [1.82, 2.24) is 10.0 Å². The Morgan fingerprint density at radius 1 is 1.04 bits per heavy atom. The van der Waals surface area contributed by atoms with Crippen LogP contribution in [0.4, 0.5) is 4.39 Å². The summed E-state index contributed by atoms with van der Waals surface area (Å²) < 4.78 is 39.2. The summed E-state index contributed by atoms with van der Waals surface area (Å²) in [5.41, 5.74) is 1.86. The van der Waals surface area contributed by atoms with Crippen LogP contribution in [-0.4, -0.2) is 27.4 Å². The molecule has 0 bridgehead atoms. The van der Waals surface area contributed by atoms with Crippen LogP contribution in [0, 0.1) is 11.7 Å². The Kier molecular flexibility index (Phi) is 7.50. The van der Waals surface area contributed by atoms with Gasteiger partial charge in [0.2, 0.25) is 15.9 Å². The Morgan fingerprint density at radius 3 is 2.22 bits per heavy atom. The van der Waals surface area contributed by atoms with Gasteiger partial charge in [-0.05, 0) is 48.2 Å². The minimum absolute atomic E-state index is 0.0642. The van der Waals surface area contributed by atoms with Crippen molar-refractivity contribution in [3.8, 4) is 0 Å². The summed E-state index contributed by atoms with van der Waals surface area (Å²) in [5.74, 6) is -0.575. The molecule has 0 aliphatic carbocycles. The van der Waals surface area contributed by atoms with Crippen LogP contribution in [0.25, 0.3) is 0 Å². The maximum atomic E-state index is 12.9. The first-order valence-electron chi connectivity index (χ1n) is 8.92. The van der Waals surface area contributed by atoms with Crippen molar-refractivity contribution in [2.45, 2.75) is 31.6 Å². The zero-order valence-electron chi connectivity index (χ0n) is 15.5. The van der Waals surface area contributed by atoms with Gasteiger partial charge in [0.25, 0.3) is 0 Å². The fourth-order valence-electron chi connectivity index (χ4n) is 2.68. The third kappa shape index (κ3) is 6.45. The predicted molar refractivity (Wildman–Crippen MR) is 103 cm³/mol. The lowest BCUT2D eigenvalue weighted by Crippen LogP contribution is -2.31. The van der Waals surface area contributed by atoms with Gasteiger partial charge in [0.1, 0.15) is 5.82 Å². The lowest BCUT2D eigenvalue weighted by molar-refractivity contribution is -0.124. The van der Waals surface area contributed by atoms with Gasteiger partial charge in [-0.1, -0.05) is 38.1 Å². The van der Waals surface area contributed by atoms with Gasteiger partial charge < -0.3 is 5.32 Å². The van der Waals surface area contributed by atoms with Gasteiger partial charge in [0.05, 0.1) is 4.90 Å². The van der Waals surface area contributed by atoms with Gasteiger partial charge in [0.15, 0.2) is 0 Å². The highest BCUT2D eigenvalue weighted by atomic mass is 32.2. The average molecular weight is 392 g/mol. The van der Waals surface area contributed by atoms with Gasteiger partial charge in [-0.25, -0.2) is 17.5 Å². The number of nitrogens with one attached hydrogen (secondary N) is 2. The second-order valence-electron chi connectivity index (χ2n) is 6.42. The van der Waals surface area contributed by atoms with Gasteiger partial charge in [-0.15, -0.1) is 0 Å². The number of hydrogen-bond donors (Lipinski definition) is 2. The molecule has 2 N–H and O–H groups in total. The molecule has 1 atom stereocenters. The number of amides is 1. The lowest BCUT2D eigenvalue weighted by atomic mass is 10.0. The third-order valence-electron chi connectivity index (χ3n) is 4.18. The molecule has 2 aromatic rings. The van der Waals surface area contributed by atoms with Gasteiger partial charge >= 0.3 is 0 Å². The lowest BCUT2D eigenvalue weighted by Gasteiger charge is -2.12. The second-order valence-corrected chi connectivity index (χ2v) is 8.18. The van der Waals surface area contributed by atoms with Crippen molar-refractivity contribution in [2.24, 2.45) is 5.92 Å². The molecule has 0 heterocycles. The Morgan fingerprint density at radius 2 is 1.63 bits per heavy atom. The Bertz CT molecular complexity index is 850. The minimum atomic E-state index is -3.45. The highest BCUT2D eigenvalue weighted by molar-refractivity contribution is 7.89. The summed E-state index contributed by atoms with van der Waals surface area (Å²) in [6.07, 6.45) is 1.15. The number of benzene rings is 2. The molecule has 0 fully saturated rings. The maximum Gasteiger partial charge on any atom is 0.240 e. The van der Waals surface area contributed by atoms with Crippen LogP contribution in [-0.2, 0) is 27.7 Å². The van der Waals surface area contributed by atoms with Crippen LogP contribution < -0.4 is 10.0 Å². The molecule has 0 aliphatic heterocycles. The van der Waals surface area contributed by atoms with Crippen molar-refractivity contribution in [3.05, 3.63) is 65.5 Å². The number of sulfonamides is 1. The van der Waals surface area contributed by atoms with E-state index in [-0.39, 0.29) is 22.5 Å². The van der Waals surface area contributed by atoms with E-state index in [1.165, 1.54) is 12.1 Å². The molecule has 0 aromatic heterocycles. The predicted octanol–water partition coefficient (Wildman–Crippen LogP) is 2.66. The summed E-state index contributed by atoms with van der Waals surface area (Å²) in [7, 11) is -3.45. The second kappa shape index (κ2) is 9.62. The topological polar surface area (TPSA) is 75.3 Å². The van der Waals surface area contributed by atoms with Crippen LogP contribution in [0.2, 0.25) is 0 Å². The third-order valence-corrected chi connectivity index (χ3v) is 5.75. The van der Waals surface area contributed by atoms with Crippen molar-refractivity contribution in [1.29, 1.82) is 0 Å². The molecular weight excluding hydrogens is 367 g/mol. The molecular formula is C20H25FN2O3S. The van der Waals surface area contributed by atoms with E-state index in [0.29, 0.717) is 25.9 Å². The summed E-state index contributed by atoms with van der Waals surface area (Å²) in [5, 5.41) is 2.88. The molecule has 0 saturated heterocycles. The molecule has 27 heavy (non-hydrogen) atoms. The van der Waals surface area contributed by atoms with E-state index in [1.54, 1.807) is 43.3 Å². The van der Waals surface area contributed by atoms with E-state index in [2.05, 4.69) is 10.0 Å². The zero-order chi connectivity index (χ0) is 19.9. The van der Waals surface area contributed by atoms with Crippen LogP contribution in [0.3, 0.4) is 0 Å². The number of carbonyl (C=O) groups is 1. The smallest absolute Gasteiger partial charge is 0.240 e. The van der Waals surface area contributed by atoms with Gasteiger partial charge in [-0.2, -0.15) is 0 Å². The summed E-state index contributed by atoms with van der Waals surface area (Å²) in [6.45, 7) is 4.36. The van der Waals surface area contributed by atoms with Crippen molar-refractivity contribution in [2.75, 3.05) is 13.1 Å². The normalized spacial score (nSPS) is 12.6. The van der Waals surface area contributed by atoms with Crippen LogP contribution in [0.5, 0.6) is 0 Å². The molecule has 0 aliphatic rings. The fraction of sp³-hybridized carbons (Fsp3) is 0.350. The van der Waals surface area contributed by atoms with Crippen LogP contribution in [0.15, 0.2) is 53.4 Å². The number of halogens is 1. The summed E-state index contributed by atoms with van der Waals surface area (Å²) in [4.78, 5) is 12.4.